The number of alkyl halides is 3. The Kier molecular flexibility index (Phi) is 6.66. The molecule has 0 aliphatic rings. The van der Waals surface area contributed by atoms with Gasteiger partial charge in [-0.1, -0.05) is 0 Å². The zero-order valence-corrected chi connectivity index (χ0v) is 19.6. The van der Waals surface area contributed by atoms with Gasteiger partial charge in [-0.3, -0.25) is 4.79 Å². The molecule has 2 N–H and O–H groups in total. The number of benzene rings is 1. The minimum atomic E-state index is -4.88. The molecule has 0 aliphatic heterocycles. The van der Waals surface area contributed by atoms with Gasteiger partial charge < -0.3 is 10.4 Å². The van der Waals surface area contributed by atoms with Crippen molar-refractivity contribution in [3.8, 4) is 5.82 Å². The Labute approximate surface area is 197 Å². The van der Waals surface area contributed by atoms with Gasteiger partial charge in [-0.05, 0) is 39.0 Å². The number of rotatable bonds is 6. The van der Waals surface area contributed by atoms with Gasteiger partial charge >= 0.3 is 12.1 Å². The number of carboxylic acid groups (broad SMARTS) is 1. The van der Waals surface area contributed by atoms with E-state index in [1.54, 1.807) is 6.92 Å². The minimum Gasteiger partial charge on any atom is -0.476 e. The van der Waals surface area contributed by atoms with Crippen molar-refractivity contribution in [1.82, 2.24) is 30.0 Å². The molecule has 1 atom stereocenters. The largest absolute Gasteiger partial charge is 0.476 e. The maximum absolute atomic E-state index is 13.3. The van der Waals surface area contributed by atoms with Gasteiger partial charge in [-0.2, -0.15) is 17.9 Å². The molecule has 0 saturated carbocycles. The SMILES string of the molecule is Cc1nc([C@H](C)NC(=O)c2cc(C(F)(F)F)cc(S(C)(=O)=O)c2)n(-c2cnc(C(=O)O)c(C)n2)n1. The molecule has 0 aliphatic carbocycles. The molecule has 35 heavy (non-hydrogen) atoms. The number of nitrogens with zero attached hydrogens (tertiary/aromatic N) is 5. The summed E-state index contributed by atoms with van der Waals surface area (Å²) in [6, 6.07) is 0.923. The zero-order chi connectivity index (χ0) is 26.3. The van der Waals surface area contributed by atoms with Gasteiger partial charge in [-0.15, -0.1) is 5.10 Å². The molecule has 3 rings (SSSR count). The summed E-state index contributed by atoms with van der Waals surface area (Å²) in [7, 11) is -4.04. The second kappa shape index (κ2) is 9.05. The van der Waals surface area contributed by atoms with Crippen molar-refractivity contribution in [3.63, 3.8) is 0 Å². The van der Waals surface area contributed by atoms with E-state index in [1.165, 1.54) is 18.5 Å². The number of hydrogen-bond acceptors (Lipinski definition) is 8. The third-order valence-electron chi connectivity index (χ3n) is 4.75. The number of aryl methyl sites for hydroxylation is 2. The molecule has 3 aromatic rings. The predicted molar refractivity (Wildman–Crippen MR) is 114 cm³/mol. The van der Waals surface area contributed by atoms with Crippen molar-refractivity contribution in [2.24, 2.45) is 0 Å². The Morgan fingerprint density at radius 1 is 1.14 bits per heavy atom. The van der Waals surface area contributed by atoms with E-state index in [1.807, 2.05) is 0 Å². The number of carbonyl (C=O) groups is 2. The predicted octanol–water partition coefficient (Wildman–Crippen LogP) is 2.29. The first-order chi connectivity index (χ1) is 16.1. The van der Waals surface area contributed by atoms with Crippen LogP contribution in [0.15, 0.2) is 29.3 Å². The number of aromatic carboxylic acids is 1. The Balaban J connectivity index is 1.97. The molecule has 0 saturated heterocycles. The lowest BCUT2D eigenvalue weighted by Gasteiger charge is -2.16. The van der Waals surface area contributed by atoms with Gasteiger partial charge in [0.15, 0.2) is 27.2 Å². The highest BCUT2D eigenvalue weighted by molar-refractivity contribution is 7.90. The van der Waals surface area contributed by atoms with Crippen molar-refractivity contribution in [3.05, 3.63) is 58.6 Å². The molecule has 0 spiro atoms. The molecule has 0 radical (unpaired) electrons. The number of hydrogen-bond donors (Lipinski definition) is 2. The number of aromatic nitrogens is 5. The number of amides is 1. The molecule has 1 amide bonds. The summed E-state index contributed by atoms with van der Waals surface area (Å²) in [5.41, 5.74) is -1.97. The molecule has 2 aromatic heterocycles. The van der Waals surface area contributed by atoms with E-state index in [-0.39, 0.29) is 28.9 Å². The van der Waals surface area contributed by atoms with Crippen LogP contribution in [0.5, 0.6) is 0 Å². The first-order valence-corrected chi connectivity index (χ1v) is 11.7. The molecule has 186 valence electrons. The number of carboxylic acids is 1. The lowest BCUT2D eigenvalue weighted by atomic mass is 10.1. The number of carbonyl (C=O) groups excluding carboxylic acids is 1. The van der Waals surface area contributed by atoms with Crippen molar-refractivity contribution in [2.45, 2.75) is 37.9 Å². The Hall–Kier alpha value is -3.88. The molecule has 15 heteroatoms. The van der Waals surface area contributed by atoms with Crippen molar-refractivity contribution >= 4 is 21.7 Å². The monoisotopic (exact) mass is 512 g/mol. The van der Waals surface area contributed by atoms with Crippen LogP contribution in [0, 0.1) is 13.8 Å². The summed E-state index contributed by atoms with van der Waals surface area (Å²) in [6.45, 7) is 4.46. The lowest BCUT2D eigenvalue weighted by Crippen LogP contribution is -2.29. The second-order valence-electron chi connectivity index (χ2n) is 7.61. The van der Waals surface area contributed by atoms with Crippen LogP contribution in [0.4, 0.5) is 13.2 Å². The highest BCUT2D eigenvalue weighted by atomic mass is 32.2. The average molecular weight is 512 g/mol. The van der Waals surface area contributed by atoms with Crippen molar-refractivity contribution in [1.29, 1.82) is 0 Å². The van der Waals surface area contributed by atoms with Gasteiger partial charge in [-0.25, -0.2) is 28.2 Å². The Morgan fingerprint density at radius 2 is 1.80 bits per heavy atom. The fraction of sp³-hybridized carbons (Fsp3) is 0.300. The normalized spacial score (nSPS) is 12.9. The summed E-state index contributed by atoms with van der Waals surface area (Å²) in [4.78, 5) is 35.5. The van der Waals surface area contributed by atoms with Gasteiger partial charge in [0.2, 0.25) is 0 Å². The molecule has 2 heterocycles. The molecule has 11 nitrogen and oxygen atoms in total. The minimum absolute atomic E-state index is 0.0997. The molecule has 0 unspecified atom stereocenters. The molecule has 0 bridgehead atoms. The zero-order valence-electron chi connectivity index (χ0n) is 18.7. The van der Waals surface area contributed by atoms with E-state index < -0.39 is 50.0 Å². The highest BCUT2D eigenvalue weighted by Gasteiger charge is 2.33. The smallest absolute Gasteiger partial charge is 0.416 e. The summed E-state index contributed by atoms with van der Waals surface area (Å²) in [5.74, 6) is -1.76. The standard InChI is InChI=1S/C20H19F3N6O5S/c1-9-16(19(31)32)24-8-15(25-9)29-17(27-11(3)28-29)10(2)26-18(30)12-5-13(20(21,22)23)7-14(6-12)35(4,33)34/h5-8,10H,1-4H3,(H,26,30)(H,31,32)/t10-/m0/s1. The lowest BCUT2D eigenvalue weighted by molar-refractivity contribution is -0.137. The highest BCUT2D eigenvalue weighted by Crippen LogP contribution is 2.32. The van der Waals surface area contributed by atoms with Crippen LogP contribution in [0.3, 0.4) is 0 Å². The Bertz CT molecular complexity index is 1440. The van der Waals surface area contributed by atoms with E-state index in [2.05, 4.69) is 25.4 Å². The van der Waals surface area contributed by atoms with E-state index >= 15 is 0 Å². The Morgan fingerprint density at radius 3 is 2.34 bits per heavy atom. The fourth-order valence-corrected chi connectivity index (χ4v) is 3.80. The van der Waals surface area contributed by atoms with Gasteiger partial charge in [0, 0.05) is 11.8 Å². The quantitative estimate of drug-likeness (QED) is 0.506. The molecular weight excluding hydrogens is 493 g/mol. The van der Waals surface area contributed by atoms with Crippen LogP contribution in [-0.4, -0.2) is 56.4 Å². The summed E-state index contributed by atoms with van der Waals surface area (Å²) < 4.78 is 64.8. The summed E-state index contributed by atoms with van der Waals surface area (Å²) in [5, 5.41) is 15.8. The first-order valence-electron chi connectivity index (χ1n) is 9.82. The fourth-order valence-electron chi connectivity index (χ4n) is 3.11. The second-order valence-corrected chi connectivity index (χ2v) is 9.62. The summed E-state index contributed by atoms with van der Waals surface area (Å²) >= 11 is 0. The van der Waals surface area contributed by atoms with Crippen molar-refractivity contribution < 1.29 is 36.3 Å². The van der Waals surface area contributed by atoms with Gasteiger partial charge in [0.1, 0.15) is 5.82 Å². The maximum atomic E-state index is 13.3. The van der Waals surface area contributed by atoms with Crippen molar-refractivity contribution in [2.75, 3.05) is 6.26 Å². The van der Waals surface area contributed by atoms with Crippen LogP contribution >= 0.6 is 0 Å². The number of halogens is 3. The molecular formula is C20H19F3N6O5S. The van der Waals surface area contributed by atoms with Crippen LogP contribution in [0.2, 0.25) is 0 Å². The van der Waals surface area contributed by atoms with E-state index in [0.717, 1.165) is 18.5 Å². The molecule has 0 fully saturated rings. The van der Waals surface area contributed by atoms with E-state index in [9.17, 15) is 31.2 Å². The van der Waals surface area contributed by atoms with Gasteiger partial charge in [0.05, 0.1) is 28.4 Å². The number of sulfone groups is 1. The topological polar surface area (TPSA) is 157 Å². The summed E-state index contributed by atoms with van der Waals surface area (Å²) in [6.07, 6.45) is -3.00. The van der Waals surface area contributed by atoms with Crippen LogP contribution < -0.4 is 5.32 Å². The maximum Gasteiger partial charge on any atom is 0.416 e. The van der Waals surface area contributed by atoms with Crippen LogP contribution in [0.1, 0.15) is 56.7 Å². The van der Waals surface area contributed by atoms with E-state index in [0.29, 0.717) is 12.1 Å². The number of nitrogens with one attached hydrogen (secondary N) is 1. The van der Waals surface area contributed by atoms with Crippen LogP contribution in [0.25, 0.3) is 5.82 Å². The third-order valence-corrected chi connectivity index (χ3v) is 5.84. The van der Waals surface area contributed by atoms with E-state index in [4.69, 9.17) is 5.11 Å². The molecule has 1 aromatic carbocycles. The third kappa shape index (κ3) is 5.62. The van der Waals surface area contributed by atoms with Crippen LogP contribution in [-0.2, 0) is 16.0 Å². The first kappa shape index (κ1) is 25.7. The van der Waals surface area contributed by atoms with Gasteiger partial charge in [0.25, 0.3) is 5.91 Å². The average Bonchev–Trinajstić information content (AvgIpc) is 3.13.